The van der Waals surface area contributed by atoms with E-state index in [2.05, 4.69) is 10.3 Å². The van der Waals surface area contributed by atoms with Gasteiger partial charge in [-0.2, -0.15) is 0 Å². The van der Waals surface area contributed by atoms with E-state index < -0.39 is 0 Å². The molecule has 4 nitrogen and oxygen atoms in total. The number of alkyl halides is 1. The van der Waals surface area contributed by atoms with Gasteiger partial charge in [-0.05, 0) is 30.7 Å². The number of aryl methyl sites for hydroxylation is 1. The van der Waals surface area contributed by atoms with Gasteiger partial charge in [0.05, 0.1) is 30.6 Å². The SMILES string of the molecule is COc1ccc(-n2cc(CCl)nn2)c(C)c1. The van der Waals surface area contributed by atoms with E-state index in [0.29, 0.717) is 5.88 Å². The maximum absolute atomic E-state index is 5.68. The second-order valence-electron chi connectivity index (χ2n) is 3.44. The number of methoxy groups -OCH3 is 1. The number of benzene rings is 1. The minimum absolute atomic E-state index is 0.370. The summed E-state index contributed by atoms with van der Waals surface area (Å²) < 4.78 is 6.86. The topological polar surface area (TPSA) is 39.9 Å². The maximum atomic E-state index is 5.68. The molecule has 0 amide bonds. The minimum atomic E-state index is 0.370. The smallest absolute Gasteiger partial charge is 0.119 e. The fourth-order valence-corrected chi connectivity index (χ4v) is 1.61. The van der Waals surface area contributed by atoms with Crippen LogP contribution in [-0.4, -0.2) is 22.1 Å². The quantitative estimate of drug-likeness (QED) is 0.770. The normalized spacial score (nSPS) is 10.4. The number of aromatic nitrogens is 3. The molecule has 16 heavy (non-hydrogen) atoms. The molecular weight excluding hydrogens is 226 g/mol. The van der Waals surface area contributed by atoms with Gasteiger partial charge in [-0.25, -0.2) is 4.68 Å². The van der Waals surface area contributed by atoms with Crippen molar-refractivity contribution in [3.63, 3.8) is 0 Å². The van der Waals surface area contributed by atoms with Gasteiger partial charge in [-0.3, -0.25) is 0 Å². The summed E-state index contributed by atoms with van der Waals surface area (Å²) in [4.78, 5) is 0. The van der Waals surface area contributed by atoms with Crippen molar-refractivity contribution in [1.82, 2.24) is 15.0 Å². The molecule has 0 radical (unpaired) electrons. The Hall–Kier alpha value is -1.55. The molecular formula is C11H12ClN3O. The molecule has 1 heterocycles. The fourth-order valence-electron chi connectivity index (χ4n) is 1.49. The van der Waals surface area contributed by atoms with Gasteiger partial charge >= 0.3 is 0 Å². The zero-order chi connectivity index (χ0) is 11.5. The first-order valence-corrected chi connectivity index (χ1v) is 5.40. The Labute approximate surface area is 98.8 Å². The van der Waals surface area contributed by atoms with Crippen LogP contribution in [0, 0.1) is 6.92 Å². The Morgan fingerprint density at radius 2 is 2.25 bits per heavy atom. The molecule has 0 spiro atoms. The highest BCUT2D eigenvalue weighted by atomic mass is 35.5. The lowest BCUT2D eigenvalue weighted by molar-refractivity contribution is 0.414. The first kappa shape index (κ1) is 11.0. The molecule has 0 aliphatic rings. The van der Waals surface area contributed by atoms with Crippen LogP contribution in [0.2, 0.25) is 0 Å². The average Bonchev–Trinajstić information content (AvgIpc) is 2.77. The molecule has 0 saturated carbocycles. The summed E-state index contributed by atoms with van der Waals surface area (Å²) >= 11 is 5.68. The largest absolute Gasteiger partial charge is 0.497 e. The second-order valence-corrected chi connectivity index (χ2v) is 3.71. The summed E-state index contributed by atoms with van der Waals surface area (Å²) in [6.07, 6.45) is 1.82. The van der Waals surface area contributed by atoms with E-state index in [0.717, 1.165) is 22.7 Å². The molecule has 2 aromatic rings. The Balaban J connectivity index is 2.40. The fraction of sp³-hybridized carbons (Fsp3) is 0.273. The average molecular weight is 238 g/mol. The lowest BCUT2D eigenvalue weighted by Crippen LogP contribution is -1.98. The van der Waals surface area contributed by atoms with Crippen molar-refractivity contribution < 1.29 is 4.74 Å². The molecule has 0 fully saturated rings. The molecule has 0 aliphatic heterocycles. The first-order valence-electron chi connectivity index (χ1n) is 4.87. The third kappa shape index (κ3) is 2.02. The van der Waals surface area contributed by atoms with Crippen molar-refractivity contribution in [2.24, 2.45) is 0 Å². The standard InChI is InChI=1S/C11H12ClN3O/c1-8-5-10(16-2)3-4-11(8)15-7-9(6-12)13-14-15/h3-5,7H,6H2,1-2H3. The monoisotopic (exact) mass is 237 g/mol. The minimum Gasteiger partial charge on any atom is -0.497 e. The van der Waals surface area contributed by atoms with E-state index >= 15 is 0 Å². The van der Waals surface area contributed by atoms with Gasteiger partial charge in [-0.15, -0.1) is 16.7 Å². The molecule has 1 aromatic carbocycles. The number of hydrogen-bond donors (Lipinski definition) is 0. The van der Waals surface area contributed by atoms with Gasteiger partial charge in [-0.1, -0.05) is 5.21 Å². The number of rotatable bonds is 3. The van der Waals surface area contributed by atoms with Gasteiger partial charge in [0.15, 0.2) is 0 Å². The second kappa shape index (κ2) is 4.53. The summed E-state index contributed by atoms with van der Waals surface area (Å²) in [7, 11) is 1.65. The Kier molecular flexibility index (Phi) is 3.10. The molecule has 84 valence electrons. The van der Waals surface area contributed by atoms with E-state index in [1.54, 1.807) is 11.8 Å². The van der Waals surface area contributed by atoms with E-state index in [-0.39, 0.29) is 0 Å². The number of nitrogens with zero attached hydrogens (tertiary/aromatic N) is 3. The molecule has 5 heteroatoms. The zero-order valence-electron chi connectivity index (χ0n) is 9.14. The van der Waals surface area contributed by atoms with Crippen molar-refractivity contribution in [3.05, 3.63) is 35.7 Å². The highest BCUT2D eigenvalue weighted by Crippen LogP contribution is 2.19. The molecule has 0 atom stereocenters. The Bertz CT molecular complexity index is 496. The summed E-state index contributed by atoms with van der Waals surface area (Å²) in [6, 6.07) is 5.79. The van der Waals surface area contributed by atoms with Crippen LogP contribution in [0.5, 0.6) is 5.75 Å². The predicted molar refractivity (Wildman–Crippen MR) is 62.2 cm³/mol. The summed E-state index contributed by atoms with van der Waals surface area (Å²) in [6.45, 7) is 2.00. The van der Waals surface area contributed by atoms with Crippen molar-refractivity contribution in [1.29, 1.82) is 0 Å². The lowest BCUT2D eigenvalue weighted by atomic mass is 10.2. The maximum Gasteiger partial charge on any atom is 0.119 e. The molecule has 0 unspecified atom stereocenters. The Morgan fingerprint density at radius 3 is 2.81 bits per heavy atom. The summed E-state index contributed by atoms with van der Waals surface area (Å²) in [5, 5.41) is 7.96. The van der Waals surface area contributed by atoms with Crippen molar-refractivity contribution in [2.75, 3.05) is 7.11 Å². The predicted octanol–water partition coefficient (Wildman–Crippen LogP) is 2.32. The zero-order valence-corrected chi connectivity index (χ0v) is 9.90. The van der Waals surface area contributed by atoms with Crippen LogP contribution < -0.4 is 4.74 Å². The lowest BCUT2D eigenvalue weighted by Gasteiger charge is -2.06. The van der Waals surface area contributed by atoms with E-state index in [4.69, 9.17) is 16.3 Å². The van der Waals surface area contributed by atoms with Gasteiger partial charge in [0.2, 0.25) is 0 Å². The van der Waals surface area contributed by atoms with Crippen LogP contribution in [0.4, 0.5) is 0 Å². The third-order valence-corrected chi connectivity index (χ3v) is 2.60. The van der Waals surface area contributed by atoms with Gasteiger partial charge < -0.3 is 4.74 Å². The van der Waals surface area contributed by atoms with Crippen LogP contribution >= 0.6 is 11.6 Å². The molecule has 0 bridgehead atoms. The highest BCUT2D eigenvalue weighted by molar-refractivity contribution is 6.16. The van der Waals surface area contributed by atoms with Crippen LogP contribution in [0.15, 0.2) is 24.4 Å². The molecule has 0 saturated heterocycles. The van der Waals surface area contributed by atoms with Gasteiger partial charge in [0, 0.05) is 0 Å². The molecule has 2 rings (SSSR count). The van der Waals surface area contributed by atoms with Crippen LogP contribution in [0.25, 0.3) is 5.69 Å². The number of hydrogen-bond acceptors (Lipinski definition) is 3. The number of halogens is 1. The van der Waals surface area contributed by atoms with E-state index in [1.165, 1.54) is 0 Å². The summed E-state index contributed by atoms with van der Waals surface area (Å²) in [5.41, 5.74) is 2.81. The summed E-state index contributed by atoms with van der Waals surface area (Å²) in [5.74, 6) is 1.20. The van der Waals surface area contributed by atoms with Crippen molar-refractivity contribution >= 4 is 11.6 Å². The van der Waals surface area contributed by atoms with Crippen LogP contribution in [0.1, 0.15) is 11.3 Å². The third-order valence-electron chi connectivity index (χ3n) is 2.33. The van der Waals surface area contributed by atoms with Gasteiger partial charge in [0.1, 0.15) is 5.75 Å². The molecule has 0 aliphatic carbocycles. The molecule has 0 N–H and O–H groups in total. The van der Waals surface area contributed by atoms with E-state index in [1.807, 2.05) is 31.3 Å². The van der Waals surface area contributed by atoms with Crippen molar-refractivity contribution in [3.8, 4) is 11.4 Å². The number of ether oxygens (including phenoxy) is 1. The van der Waals surface area contributed by atoms with Crippen LogP contribution in [0.3, 0.4) is 0 Å². The van der Waals surface area contributed by atoms with Gasteiger partial charge in [0.25, 0.3) is 0 Å². The van der Waals surface area contributed by atoms with Crippen molar-refractivity contribution in [2.45, 2.75) is 12.8 Å². The molecule has 1 aromatic heterocycles. The Morgan fingerprint density at radius 1 is 1.44 bits per heavy atom. The first-order chi connectivity index (χ1) is 7.74. The highest BCUT2D eigenvalue weighted by Gasteiger charge is 2.05. The van der Waals surface area contributed by atoms with E-state index in [9.17, 15) is 0 Å². The van der Waals surface area contributed by atoms with Crippen LogP contribution in [-0.2, 0) is 5.88 Å².